The summed E-state index contributed by atoms with van der Waals surface area (Å²) >= 11 is 0. The topological polar surface area (TPSA) is 66.0 Å². The quantitative estimate of drug-likeness (QED) is 0.242. The molecule has 22 heavy (non-hydrogen) atoms. The van der Waals surface area contributed by atoms with Crippen molar-refractivity contribution in [2.45, 2.75) is 47.1 Å². The van der Waals surface area contributed by atoms with Crippen molar-refractivity contribution in [3.05, 3.63) is 11.8 Å². The molecule has 0 aromatic rings. The molecular weight excluding hydrogens is 302 g/mol. The van der Waals surface area contributed by atoms with Gasteiger partial charge in [0.1, 0.15) is 0 Å². The Hall–Kier alpha value is -0.893. The molecule has 0 spiro atoms. The number of carbonyl (C=O) groups is 1. The number of esters is 1. The van der Waals surface area contributed by atoms with E-state index >= 15 is 0 Å². The number of allylic oxidation sites excluding steroid dienone is 1. The first-order valence-electron chi connectivity index (χ1n) is 8.04. The lowest BCUT2D eigenvalue weighted by Gasteiger charge is -2.28. The second-order valence-electron chi connectivity index (χ2n) is 4.59. The maximum Gasteiger partial charge on any atom is 0.500 e. The van der Waals surface area contributed by atoms with E-state index in [4.69, 9.17) is 18.0 Å². The molecule has 0 fully saturated rings. The predicted octanol–water partition coefficient (Wildman–Crippen LogP) is 2.48. The van der Waals surface area contributed by atoms with Gasteiger partial charge in [-0.1, -0.05) is 0 Å². The summed E-state index contributed by atoms with van der Waals surface area (Å²) in [7, 11) is -2.56. The lowest BCUT2D eigenvalue weighted by Crippen LogP contribution is -2.46. The van der Waals surface area contributed by atoms with Gasteiger partial charge in [-0.25, -0.2) is 4.79 Å². The fraction of sp³-hybridized carbons (Fsp3) is 0.800. The molecule has 130 valence electrons. The van der Waals surface area contributed by atoms with Crippen molar-refractivity contribution in [2.75, 3.05) is 33.0 Å². The van der Waals surface area contributed by atoms with Gasteiger partial charge in [-0.15, -0.1) is 0 Å². The number of carbonyl (C=O) groups excluding carboxylic acids is 1. The summed E-state index contributed by atoms with van der Waals surface area (Å²) in [6, 6.07) is 0.752. The smallest absolute Gasteiger partial charge is 0.463 e. The largest absolute Gasteiger partial charge is 0.500 e. The highest BCUT2D eigenvalue weighted by Gasteiger charge is 2.39. The standard InChI is InChI=1S/C15H31NO5Si/c1-6-18-15(17)13-14(5)16-11-10-12-22(19-7-2,20-8-3)21-9-4/h13,16H,6-12H2,1-5H3. The Morgan fingerprint density at radius 3 is 2.00 bits per heavy atom. The van der Waals surface area contributed by atoms with E-state index in [-0.39, 0.29) is 5.97 Å². The average molecular weight is 334 g/mol. The van der Waals surface area contributed by atoms with E-state index in [9.17, 15) is 4.79 Å². The zero-order valence-corrected chi connectivity index (χ0v) is 15.6. The molecule has 0 aliphatic heterocycles. The molecule has 0 amide bonds. The van der Waals surface area contributed by atoms with Gasteiger partial charge >= 0.3 is 14.8 Å². The Morgan fingerprint density at radius 1 is 1.00 bits per heavy atom. The van der Waals surface area contributed by atoms with E-state index in [0.717, 1.165) is 24.7 Å². The molecule has 0 saturated heterocycles. The SMILES string of the molecule is CCOC(=O)C=C(C)NCCC[Si](OCC)(OCC)OCC. The number of rotatable bonds is 13. The van der Waals surface area contributed by atoms with Gasteiger partial charge in [0.05, 0.1) is 6.61 Å². The van der Waals surface area contributed by atoms with Gasteiger partial charge in [0.2, 0.25) is 0 Å². The van der Waals surface area contributed by atoms with Crippen LogP contribution in [0.2, 0.25) is 6.04 Å². The minimum Gasteiger partial charge on any atom is -0.463 e. The van der Waals surface area contributed by atoms with Crippen LogP contribution >= 0.6 is 0 Å². The van der Waals surface area contributed by atoms with Gasteiger partial charge < -0.3 is 23.3 Å². The summed E-state index contributed by atoms with van der Waals surface area (Å²) in [5.41, 5.74) is 0.787. The van der Waals surface area contributed by atoms with Crippen LogP contribution in [0.15, 0.2) is 11.8 Å². The van der Waals surface area contributed by atoms with Gasteiger partial charge in [-0.2, -0.15) is 0 Å². The van der Waals surface area contributed by atoms with E-state index in [1.54, 1.807) is 6.92 Å². The fourth-order valence-electron chi connectivity index (χ4n) is 2.00. The molecule has 1 N–H and O–H groups in total. The van der Waals surface area contributed by atoms with E-state index in [1.165, 1.54) is 6.08 Å². The zero-order chi connectivity index (χ0) is 16.8. The van der Waals surface area contributed by atoms with Crippen LogP contribution in [0.5, 0.6) is 0 Å². The van der Waals surface area contributed by atoms with Gasteiger partial charge in [0, 0.05) is 44.2 Å². The third-order valence-electron chi connectivity index (χ3n) is 2.78. The van der Waals surface area contributed by atoms with Crippen molar-refractivity contribution in [1.82, 2.24) is 5.32 Å². The summed E-state index contributed by atoms with van der Waals surface area (Å²) in [5, 5.41) is 3.19. The second kappa shape index (κ2) is 12.6. The molecule has 0 rings (SSSR count). The van der Waals surface area contributed by atoms with Crippen molar-refractivity contribution in [3.8, 4) is 0 Å². The predicted molar refractivity (Wildman–Crippen MR) is 88.4 cm³/mol. The molecule has 0 aromatic heterocycles. The highest BCUT2D eigenvalue weighted by Crippen LogP contribution is 2.17. The maximum atomic E-state index is 11.3. The normalized spacial score (nSPS) is 12.3. The first-order valence-corrected chi connectivity index (χ1v) is 9.97. The summed E-state index contributed by atoms with van der Waals surface area (Å²) < 4.78 is 22.2. The van der Waals surface area contributed by atoms with Gasteiger partial charge in [0.25, 0.3) is 0 Å². The first kappa shape index (κ1) is 21.1. The monoisotopic (exact) mass is 333 g/mol. The van der Waals surface area contributed by atoms with Crippen molar-refractivity contribution >= 4 is 14.8 Å². The number of hydrogen-bond donors (Lipinski definition) is 1. The Bertz CT molecular complexity index is 319. The average Bonchev–Trinajstić information content (AvgIpc) is 2.45. The van der Waals surface area contributed by atoms with Crippen molar-refractivity contribution < 1.29 is 22.8 Å². The van der Waals surface area contributed by atoms with Crippen LogP contribution in [0, 0.1) is 0 Å². The molecule has 0 heterocycles. The van der Waals surface area contributed by atoms with Crippen molar-refractivity contribution in [2.24, 2.45) is 0 Å². The van der Waals surface area contributed by atoms with Crippen molar-refractivity contribution in [1.29, 1.82) is 0 Å². The van der Waals surface area contributed by atoms with Crippen LogP contribution in [0.25, 0.3) is 0 Å². The highest BCUT2D eigenvalue weighted by molar-refractivity contribution is 6.60. The van der Waals surface area contributed by atoms with E-state index in [2.05, 4.69) is 5.32 Å². The van der Waals surface area contributed by atoms with Crippen LogP contribution in [0.1, 0.15) is 41.0 Å². The molecule has 0 saturated carbocycles. The van der Waals surface area contributed by atoms with E-state index in [0.29, 0.717) is 26.4 Å². The van der Waals surface area contributed by atoms with Gasteiger partial charge in [-0.3, -0.25) is 0 Å². The van der Waals surface area contributed by atoms with E-state index in [1.807, 2.05) is 27.7 Å². The van der Waals surface area contributed by atoms with Crippen molar-refractivity contribution in [3.63, 3.8) is 0 Å². The number of hydrogen-bond acceptors (Lipinski definition) is 6. The molecule has 0 aromatic carbocycles. The fourth-order valence-corrected chi connectivity index (χ4v) is 4.62. The molecule has 0 aliphatic rings. The Morgan fingerprint density at radius 2 is 1.55 bits per heavy atom. The summed E-state index contributed by atoms with van der Waals surface area (Å²) in [6.07, 6.45) is 2.31. The van der Waals surface area contributed by atoms with Gasteiger partial charge in [-0.05, 0) is 41.0 Å². The van der Waals surface area contributed by atoms with Crippen LogP contribution in [0.3, 0.4) is 0 Å². The minimum atomic E-state index is -2.56. The van der Waals surface area contributed by atoms with Crippen LogP contribution in [0.4, 0.5) is 0 Å². The summed E-state index contributed by atoms with van der Waals surface area (Å²) in [4.78, 5) is 11.3. The molecule has 0 atom stereocenters. The molecule has 7 heteroatoms. The van der Waals surface area contributed by atoms with Gasteiger partial charge in [0.15, 0.2) is 0 Å². The van der Waals surface area contributed by atoms with Crippen LogP contribution < -0.4 is 5.32 Å². The number of nitrogens with one attached hydrogen (secondary N) is 1. The Kier molecular flexibility index (Phi) is 12.1. The maximum absolute atomic E-state index is 11.3. The number of ether oxygens (including phenoxy) is 1. The van der Waals surface area contributed by atoms with E-state index < -0.39 is 8.80 Å². The molecular formula is C15H31NO5Si. The first-order chi connectivity index (χ1) is 10.5. The molecule has 0 radical (unpaired) electrons. The third kappa shape index (κ3) is 9.19. The lowest BCUT2D eigenvalue weighted by molar-refractivity contribution is -0.137. The molecule has 6 nitrogen and oxygen atoms in total. The molecule has 0 bridgehead atoms. The minimum absolute atomic E-state index is 0.325. The summed E-state index contributed by atoms with van der Waals surface area (Å²) in [6.45, 7) is 12.3. The summed E-state index contributed by atoms with van der Waals surface area (Å²) in [5.74, 6) is -0.325. The molecule has 0 unspecified atom stereocenters. The van der Waals surface area contributed by atoms with Crippen LogP contribution in [-0.2, 0) is 22.8 Å². The third-order valence-corrected chi connectivity index (χ3v) is 5.93. The Balaban J connectivity index is 4.29. The second-order valence-corrected chi connectivity index (χ2v) is 7.32. The zero-order valence-electron chi connectivity index (χ0n) is 14.6. The lowest BCUT2D eigenvalue weighted by atomic mass is 10.4. The highest BCUT2D eigenvalue weighted by atomic mass is 28.4. The Labute approximate surface area is 135 Å². The molecule has 0 aliphatic carbocycles. The van der Waals surface area contributed by atoms with Crippen LogP contribution in [-0.4, -0.2) is 47.7 Å².